The number of imidazole rings is 1. The summed E-state index contributed by atoms with van der Waals surface area (Å²) < 4.78 is 9.43. The summed E-state index contributed by atoms with van der Waals surface area (Å²) in [7, 11) is 1.61. The number of nitrogens with zero attached hydrogens (tertiary/aromatic N) is 4. The molecule has 0 aliphatic heterocycles. The molecule has 1 N–H and O–H groups in total. The highest BCUT2D eigenvalue weighted by atomic mass is 16.5. The van der Waals surface area contributed by atoms with Crippen molar-refractivity contribution in [2.45, 2.75) is 40.2 Å². The largest absolute Gasteiger partial charge is 0.494 e. The molecule has 0 radical (unpaired) electrons. The quantitative estimate of drug-likeness (QED) is 0.497. The zero-order valence-corrected chi connectivity index (χ0v) is 18.5. The Labute approximate surface area is 181 Å². The molecule has 1 unspecified atom stereocenters. The maximum atomic E-state index is 13.1. The lowest BCUT2D eigenvalue weighted by Gasteiger charge is -2.18. The number of rotatable bonds is 6. The third kappa shape index (κ3) is 3.79. The lowest BCUT2D eigenvalue weighted by molar-refractivity contribution is -0.118. The van der Waals surface area contributed by atoms with E-state index in [2.05, 4.69) is 15.4 Å². The number of fused-ring (bicyclic) bond motifs is 1. The van der Waals surface area contributed by atoms with Crippen molar-refractivity contribution in [2.24, 2.45) is 0 Å². The van der Waals surface area contributed by atoms with Gasteiger partial charge in [0.05, 0.1) is 23.8 Å². The van der Waals surface area contributed by atoms with Crippen molar-refractivity contribution in [2.75, 3.05) is 12.4 Å². The van der Waals surface area contributed by atoms with Crippen LogP contribution in [0, 0.1) is 13.8 Å². The molecule has 0 saturated heterocycles. The number of carbonyl (C=O) groups is 1. The highest BCUT2D eigenvalue weighted by Crippen LogP contribution is 2.29. The van der Waals surface area contributed by atoms with Crippen molar-refractivity contribution in [3.63, 3.8) is 0 Å². The van der Waals surface area contributed by atoms with Crippen LogP contribution in [0.2, 0.25) is 0 Å². The minimum absolute atomic E-state index is 0.112. The van der Waals surface area contributed by atoms with Gasteiger partial charge in [0.2, 0.25) is 5.91 Å². The first-order valence-electron chi connectivity index (χ1n) is 10.4. The first-order valence-corrected chi connectivity index (χ1v) is 10.4. The molecule has 1 amide bonds. The third-order valence-electron chi connectivity index (χ3n) is 5.44. The van der Waals surface area contributed by atoms with Crippen LogP contribution >= 0.6 is 0 Å². The fraction of sp³-hybridized carbons (Fsp3) is 0.292. The van der Waals surface area contributed by atoms with Gasteiger partial charge >= 0.3 is 0 Å². The Balaban J connectivity index is 1.62. The van der Waals surface area contributed by atoms with E-state index in [4.69, 9.17) is 4.74 Å². The lowest BCUT2D eigenvalue weighted by Crippen LogP contribution is -2.25. The van der Waals surface area contributed by atoms with E-state index in [9.17, 15) is 4.79 Å². The summed E-state index contributed by atoms with van der Waals surface area (Å²) in [6, 6.07) is 15.1. The molecule has 160 valence electrons. The minimum atomic E-state index is -0.413. The summed E-state index contributed by atoms with van der Waals surface area (Å²) in [6.45, 7) is 7.89. The van der Waals surface area contributed by atoms with E-state index in [0.717, 1.165) is 40.4 Å². The number of aromatic nitrogens is 4. The summed E-state index contributed by atoms with van der Waals surface area (Å²) in [4.78, 5) is 17.8. The standard InChI is InChI=1S/C24H27N5O2/c1-6-23-26-19-9-7-8-10-20(19)28(23)17(4)24(30)25-18-11-12-21(22(14-18)31-5)29-16(3)13-15(2)27-29/h7-14,17H,6H2,1-5H3,(H,25,30). The van der Waals surface area contributed by atoms with Gasteiger partial charge in [0.25, 0.3) is 0 Å². The zero-order valence-electron chi connectivity index (χ0n) is 18.5. The number of anilines is 1. The number of aryl methyl sites for hydroxylation is 3. The maximum absolute atomic E-state index is 13.1. The second-order valence-corrected chi connectivity index (χ2v) is 7.63. The molecular formula is C24H27N5O2. The molecule has 2 aromatic carbocycles. The van der Waals surface area contributed by atoms with Gasteiger partial charge in [-0.1, -0.05) is 19.1 Å². The Bertz CT molecular complexity index is 1250. The molecule has 0 aliphatic rings. The number of benzene rings is 2. The number of amides is 1. The van der Waals surface area contributed by atoms with Gasteiger partial charge in [-0.05, 0) is 51.1 Å². The van der Waals surface area contributed by atoms with Gasteiger partial charge in [0, 0.05) is 23.9 Å². The smallest absolute Gasteiger partial charge is 0.247 e. The van der Waals surface area contributed by atoms with Crippen LogP contribution in [-0.2, 0) is 11.2 Å². The fourth-order valence-corrected chi connectivity index (χ4v) is 3.94. The predicted molar refractivity (Wildman–Crippen MR) is 122 cm³/mol. The number of hydrogen-bond donors (Lipinski definition) is 1. The van der Waals surface area contributed by atoms with E-state index in [-0.39, 0.29) is 5.91 Å². The molecule has 1 atom stereocenters. The second-order valence-electron chi connectivity index (χ2n) is 7.63. The average molecular weight is 418 g/mol. The van der Waals surface area contributed by atoms with Crippen LogP contribution in [-0.4, -0.2) is 32.3 Å². The first kappa shape index (κ1) is 20.7. The summed E-state index contributed by atoms with van der Waals surface area (Å²) in [5.74, 6) is 1.42. The molecule has 4 rings (SSSR count). The summed E-state index contributed by atoms with van der Waals surface area (Å²) >= 11 is 0. The maximum Gasteiger partial charge on any atom is 0.247 e. The van der Waals surface area contributed by atoms with E-state index in [1.165, 1.54) is 0 Å². The fourth-order valence-electron chi connectivity index (χ4n) is 3.94. The van der Waals surface area contributed by atoms with Crippen molar-refractivity contribution in [1.29, 1.82) is 0 Å². The van der Waals surface area contributed by atoms with Crippen LogP contribution in [0.4, 0.5) is 5.69 Å². The number of methoxy groups -OCH3 is 1. The van der Waals surface area contributed by atoms with Crippen molar-refractivity contribution >= 4 is 22.6 Å². The van der Waals surface area contributed by atoms with Crippen LogP contribution in [0.3, 0.4) is 0 Å². The Morgan fingerprint density at radius 1 is 1.16 bits per heavy atom. The lowest BCUT2D eigenvalue weighted by atomic mass is 10.2. The molecule has 4 aromatic rings. The van der Waals surface area contributed by atoms with Crippen LogP contribution in [0.25, 0.3) is 16.7 Å². The van der Waals surface area contributed by atoms with Crippen LogP contribution in [0.15, 0.2) is 48.5 Å². The van der Waals surface area contributed by atoms with E-state index in [1.54, 1.807) is 7.11 Å². The van der Waals surface area contributed by atoms with Crippen LogP contribution in [0.5, 0.6) is 5.75 Å². The first-order chi connectivity index (χ1) is 14.9. The molecule has 0 fully saturated rings. The van der Waals surface area contributed by atoms with Crippen molar-refractivity contribution in [3.05, 3.63) is 65.7 Å². The Hall–Kier alpha value is -3.61. The van der Waals surface area contributed by atoms with Gasteiger partial charge in [-0.15, -0.1) is 0 Å². The normalized spacial score (nSPS) is 12.2. The number of hydrogen-bond acceptors (Lipinski definition) is 4. The molecule has 7 heteroatoms. The SMILES string of the molecule is CCc1nc2ccccc2n1C(C)C(=O)Nc1ccc(-n2nc(C)cc2C)c(OC)c1. The molecule has 2 heterocycles. The number of nitrogens with one attached hydrogen (secondary N) is 1. The molecule has 0 aliphatic carbocycles. The van der Waals surface area contributed by atoms with Gasteiger partial charge in [0.1, 0.15) is 23.3 Å². The second kappa shape index (κ2) is 8.26. The number of carbonyl (C=O) groups excluding carboxylic acids is 1. The Kier molecular flexibility index (Phi) is 5.50. The average Bonchev–Trinajstić information content (AvgIpc) is 3.31. The third-order valence-corrected chi connectivity index (χ3v) is 5.44. The number of para-hydroxylation sites is 2. The monoisotopic (exact) mass is 417 g/mol. The number of ether oxygens (including phenoxy) is 1. The molecule has 0 spiro atoms. The highest BCUT2D eigenvalue weighted by Gasteiger charge is 2.21. The van der Waals surface area contributed by atoms with E-state index in [0.29, 0.717) is 11.4 Å². The van der Waals surface area contributed by atoms with Gasteiger partial charge < -0.3 is 14.6 Å². The molecular weight excluding hydrogens is 390 g/mol. The molecule has 2 aromatic heterocycles. The van der Waals surface area contributed by atoms with E-state index in [1.807, 2.05) is 85.5 Å². The molecule has 0 saturated carbocycles. The zero-order chi connectivity index (χ0) is 22.1. The van der Waals surface area contributed by atoms with Crippen molar-refractivity contribution in [1.82, 2.24) is 19.3 Å². The van der Waals surface area contributed by atoms with Gasteiger partial charge in [-0.2, -0.15) is 5.10 Å². The van der Waals surface area contributed by atoms with Gasteiger partial charge in [-0.3, -0.25) is 4.79 Å². The van der Waals surface area contributed by atoms with E-state index >= 15 is 0 Å². The molecule has 0 bridgehead atoms. The van der Waals surface area contributed by atoms with Crippen molar-refractivity contribution < 1.29 is 9.53 Å². The van der Waals surface area contributed by atoms with Crippen LogP contribution in [0.1, 0.15) is 37.1 Å². The molecule has 7 nitrogen and oxygen atoms in total. The Morgan fingerprint density at radius 2 is 1.94 bits per heavy atom. The van der Waals surface area contributed by atoms with E-state index < -0.39 is 6.04 Å². The summed E-state index contributed by atoms with van der Waals surface area (Å²) in [5.41, 5.74) is 5.30. The summed E-state index contributed by atoms with van der Waals surface area (Å²) in [6.07, 6.45) is 0.747. The Morgan fingerprint density at radius 3 is 2.61 bits per heavy atom. The highest BCUT2D eigenvalue weighted by molar-refractivity contribution is 5.95. The molecule has 31 heavy (non-hydrogen) atoms. The van der Waals surface area contributed by atoms with Crippen LogP contribution < -0.4 is 10.1 Å². The summed E-state index contributed by atoms with van der Waals surface area (Å²) in [5, 5.41) is 7.55. The van der Waals surface area contributed by atoms with Gasteiger partial charge in [0.15, 0.2) is 0 Å². The predicted octanol–water partition coefficient (Wildman–Crippen LogP) is 4.61. The van der Waals surface area contributed by atoms with Gasteiger partial charge in [-0.25, -0.2) is 9.67 Å². The minimum Gasteiger partial charge on any atom is -0.494 e. The van der Waals surface area contributed by atoms with Crippen molar-refractivity contribution in [3.8, 4) is 11.4 Å². The topological polar surface area (TPSA) is 74.0 Å².